The molecule has 0 fully saturated rings. The molecular formula is C18H16Cl2N4O. The van der Waals surface area contributed by atoms with Gasteiger partial charge in [-0.2, -0.15) is 0 Å². The van der Waals surface area contributed by atoms with E-state index in [2.05, 4.69) is 20.6 Å². The van der Waals surface area contributed by atoms with Gasteiger partial charge < -0.3 is 15.4 Å². The average Bonchev–Trinajstić information content (AvgIpc) is 2.58. The van der Waals surface area contributed by atoms with E-state index in [-0.39, 0.29) is 0 Å². The molecule has 1 aromatic heterocycles. The second-order valence-electron chi connectivity index (χ2n) is 5.26. The predicted molar refractivity (Wildman–Crippen MR) is 103 cm³/mol. The van der Waals surface area contributed by atoms with E-state index in [1.807, 2.05) is 31.2 Å². The molecule has 0 aliphatic heterocycles. The predicted octanol–water partition coefficient (Wildman–Crippen LogP) is 5.59. The first kappa shape index (κ1) is 17.3. The third-order valence-electron chi connectivity index (χ3n) is 3.40. The summed E-state index contributed by atoms with van der Waals surface area (Å²) in [5.41, 5.74) is 1.49. The van der Waals surface area contributed by atoms with Crippen LogP contribution in [0.15, 0.2) is 48.5 Å². The summed E-state index contributed by atoms with van der Waals surface area (Å²) in [6.07, 6.45) is 0. The zero-order chi connectivity index (χ0) is 17.8. The summed E-state index contributed by atoms with van der Waals surface area (Å²) in [5.74, 6) is 2.58. The van der Waals surface area contributed by atoms with E-state index in [0.29, 0.717) is 33.2 Å². The molecule has 3 aromatic rings. The molecule has 0 bridgehead atoms. The van der Waals surface area contributed by atoms with Crippen molar-refractivity contribution in [3.8, 4) is 5.75 Å². The van der Waals surface area contributed by atoms with Gasteiger partial charge in [0.1, 0.15) is 23.2 Å². The van der Waals surface area contributed by atoms with Crippen LogP contribution in [0, 0.1) is 6.92 Å². The molecule has 2 aromatic carbocycles. The molecular weight excluding hydrogens is 359 g/mol. The molecule has 25 heavy (non-hydrogen) atoms. The minimum Gasteiger partial charge on any atom is -0.495 e. The molecule has 0 spiro atoms. The van der Waals surface area contributed by atoms with Gasteiger partial charge in [-0.1, -0.05) is 35.3 Å². The van der Waals surface area contributed by atoms with E-state index in [0.717, 1.165) is 11.4 Å². The summed E-state index contributed by atoms with van der Waals surface area (Å²) in [6, 6.07) is 14.6. The molecule has 7 heteroatoms. The summed E-state index contributed by atoms with van der Waals surface area (Å²) in [7, 11) is 1.62. The first-order valence-electron chi connectivity index (χ1n) is 7.53. The van der Waals surface area contributed by atoms with E-state index in [1.165, 1.54) is 0 Å². The number of hydrogen-bond acceptors (Lipinski definition) is 5. The standard InChI is InChI=1S/C18H16Cl2N4O/c1-11-21-17(23-14-5-3-4-6-16(14)25-2)10-18(22-11)24-15-9-12(19)7-8-13(15)20/h3-10H,1-2H3,(H2,21,22,23,24). The largest absolute Gasteiger partial charge is 0.495 e. The van der Waals surface area contributed by atoms with Crippen LogP contribution in [0.1, 0.15) is 5.82 Å². The molecule has 2 N–H and O–H groups in total. The van der Waals surface area contributed by atoms with Crippen molar-refractivity contribution < 1.29 is 4.74 Å². The summed E-state index contributed by atoms with van der Waals surface area (Å²) < 4.78 is 5.35. The third-order valence-corrected chi connectivity index (χ3v) is 3.96. The van der Waals surface area contributed by atoms with Crippen molar-refractivity contribution in [1.82, 2.24) is 9.97 Å². The molecule has 5 nitrogen and oxygen atoms in total. The number of nitrogens with zero attached hydrogens (tertiary/aromatic N) is 2. The van der Waals surface area contributed by atoms with Gasteiger partial charge in [-0.05, 0) is 37.3 Å². The number of aromatic nitrogens is 2. The van der Waals surface area contributed by atoms with Crippen LogP contribution in [-0.2, 0) is 0 Å². The number of halogens is 2. The lowest BCUT2D eigenvalue weighted by Crippen LogP contribution is -2.02. The number of benzene rings is 2. The van der Waals surface area contributed by atoms with E-state index in [4.69, 9.17) is 27.9 Å². The van der Waals surface area contributed by atoms with E-state index < -0.39 is 0 Å². The summed E-state index contributed by atoms with van der Waals surface area (Å²) >= 11 is 12.2. The summed E-state index contributed by atoms with van der Waals surface area (Å²) in [4.78, 5) is 8.80. The molecule has 128 valence electrons. The fourth-order valence-electron chi connectivity index (χ4n) is 2.31. The molecule has 3 rings (SSSR count). The van der Waals surface area contributed by atoms with Gasteiger partial charge in [-0.25, -0.2) is 9.97 Å². The number of para-hydroxylation sites is 2. The van der Waals surface area contributed by atoms with Crippen LogP contribution < -0.4 is 15.4 Å². The highest BCUT2D eigenvalue weighted by atomic mass is 35.5. The maximum absolute atomic E-state index is 6.20. The van der Waals surface area contributed by atoms with E-state index in [9.17, 15) is 0 Å². The smallest absolute Gasteiger partial charge is 0.142 e. The van der Waals surface area contributed by atoms with Crippen LogP contribution in [0.4, 0.5) is 23.0 Å². The Morgan fingerprint density at radius 2 is 1.56 bits per heavy atom. The molecule has 1 heterocycles. The summed E-state index contributed by atoms with van der Waals surface area (Å²) in [6.45, 7) is 1.82. The topological polar surface area (TPSA) is 59.1 Å². The lowest BCUT2D eigenvalue weighted by Gasteiger charge is -2.13. The van der Waals surface area contributed by atoms with Crippen molar-refractivity contribution in [2.75, 3.05) is 17.7 Å². The van der Waals surface area contributed by atoms with Crippen LogP contribution in [0.25, 0.3) is 0 Å². The van der Waals surface area contributed by atoms with E-state index in [1.54, 1.807) is 31.4 Å². The van der Waals surface area contributed by atoms with Crippen molar-refractivity contribution in [3.05, 3.63) is 64.4 Å². The minimum absolute atomic E-state index is 0.555. The Bertz CT molecular complexity index is 902. The van der Waals surface area contributed by atoms with Gasteiger partial charge in [0.15, 0.2) is 0 Å². The first-order chi connectivity index (χ1) is 12.0. The maximum atomic E-state index is 6.20. The molecule has 0 aliphatic rings. The first-order valence-corrected chi connectivity index (χ1v) is 8.28. The highest BCUT2D eigenvalue weighted by molar-refractivity contribution is 6.35. The molecule has 0 aliphatic carbocycles. The number of rotatable bonds is 5. The second kappa shape index (κ2) is 7.59. The van der Waals surface area contributed by atoms with Crippen LogP contribution in [-0.4, -0.2) is 17.1 Å². The highest BCUT2D eigenvalue weighted by Gasteiger charge is 2.08. The van der Waals surface area contributed by atoms with Crippen molar-refractivity contribution >= 4 is 46.2 Å². The second-order valence-corrected chi connectivity index (χ2v) is 6.10. The van der Waals surface area contributed by atoms with Crippen LogP contribution in [0.3, 0.4) is 0 Å². The molecule has 0 amide bonds. The van der Waals surface area contributed by atoms with Gasteiger partial charge in [0, 0.05) is 11.1 Å². The number of aryl methyl sites for hydroxylation is 1. The molecule has 0 atom stereocenters. The molecule has 0 radical (unpaired) electrons. The summed E-state index contributed by atoms with van der Waals surface area (Å²) in [5, 5.41) is 7.55. The minimum atomic E-state index is 0.555. The fourth-order valence-corrected chi connectivity index (χ4v) is 2.65. The Labute approximate surface area is 156 Å². The van der Waals surface area contributed by atoms with Crippen LogP contribution >= 0.6 is 23.2 Å². The number of nitrogens with one attached hydrogen (secondary N) is 2. The lowest BCUT2D eigenvalue weighted by atomic mass is 10.3. The third kappa shape index (κ3) is 4.32. The number of anilines is 4. The number of ether oxygens (including phenoxy) is 1. The van der Waals surface area contributed by atoms with Gasteiger partial charge in [0.05, 0.1) is 23.5 Å². The maximum Gasteiger partial charge on any atom is 0.142 e. The van der Waals surface area contributed by atoms with Crippen molar-refractivity contribution in [2.24, 2.45) is 0 Å². The van der Waals surface area contributed by atoms with E-state index >= 15 is 0 Å². The Morgan fingerprint density at radius 1 is 0.880 bits per heavy atom. The Morgan fingerprint density at radius 3 is 2.28 bits per heavy atom. The quantitative estimate of drug-likeness (QED) is 0.609. The average molecular weight is 375 g/mol. The highest BCUT2D eigenvalue weighted by Crippen LogP contribution is 2.30. The van der Waals surface area contributed by atoms with Gasteiger partial charge in [-0.3, -0.25) is 0 Å². The zero-order valence-electron chi connectivity index (χ0n) is 13.7. The van der Waals surface area contributed by atoms with Crippen molar-refractivity contribution in [2.45, 2.75) is 6.92 Å². The lowest BCUT2D eigenvalue weighted by molar-refractivity contribution is 0.417. The van der Waals surface area contributed by atoms with Gasteiger partial charge in [0.25, 0.3) is 0 Å². The van der Waals surface area contributed by atoms with Gasteiger partial charge in [0.2, 0.25) is 0 Å². The van der Waals surface area contributed by atoms with Crippen molar-refractivity contribution in [1.29, 1.82) is 0 Å². The van der Waals surface area contributed by atoms with Gasteiger partial charge >= 0.3 is 0 Å². The monoisotopic (exact) mass is 374 g/mol. The number of methoxy groups -OCH3 is 1. The van der Waals surface area contributed by atoms with Crippen LogP contribution in [0.5, 0.6) is 5.75 Å². The van der Waals surface area contributed by atoms with Crippen LogP contribution in [0.2, 0.25) is 10.0 Å². The zero-order valence-corrected chi connectivity index (χ0v) is 15.2. The Kier molecular flexibility index (Phi) is 5.26. The van der Waals surface area contributed by atoms with Crippen molar-refractivity contribution in [3.63, 3.8) is 0 Å². The Hall–Kier alpha value is -2.50. The Balaban J connectivity index is 1.89. The SMILES string of the molecule is COc1ccccc1Nc1cc(Nc2cc(Cl)ccc2Cl)nc(C)n1. The molecule has 0 saturated carbocycles. The normalized spacial score (nSPS) is 10.4. The fraction of sp³-hybridized carbons (Fsp3) is 0.111. The number of hydrogen-bond donors (Lipinski definition) is 2. The van der Waals surface area contributed by atoms with Gasteiger partial charge in [-0.15, -0.1) is 0 Å². The molecule has 0 unspecified atom stereocenters. The molecule has 0 saturated heterocycles.